The van der Waals surface area contributed by atoms with Crippen molar-refractivity contribution >= 4 is 27.3 Å². The van der Waals surface area contributed by atoms with E-state index in [2.05, 4.69) is 5.32 Å². The van der Waals surface area contributed by atoms with Gasteiger partial charge in [-0.15, -0.1) is 11.3 Å². The number of thiophene rings is 1. The minimum atomic E-state index is -3.55. The SMILES string of the molecule is Cc1ccc(S(=O)(=O)N2CC(=O)NC3CCCCC32)s1. The van der Waals surface area contributed by atoms with E-state index in [1.807, 2.05) is 6.92 Å². The molecule has 1 aromatic rings. The van der Waals surface area contributed by atoms with E-state index >= 15 is 0 Å². The Morgan fingerprint density at radius 1 is 1.30 bits per heavy atom. The number of sulfonamides is 1. The van der Waals surface area contributed by atoms with Gasteiger partial charge in [0.2, 0.25) is 5.91 Å². The van der Waals surface area contributed by atoms with E-state index in [4.69, 9.17) is 0 Å². The van der Waals surface area contributed by atoms with Gasteiger partial charge >= 0.3 is 0 Å². The summed E-state index contributed by atoms with van der Waals surface area (Å²) in [5, 5.41) is 2.94. The molecule has 20 heavy (non-hydrogen) atoms. The van der Waals surface area contributed by atoms with Gasteiger partial charge in [-0.25, -0.2) is 8.42 Å². The second-order valence-electron chi connectivity index (χ2n) is 5.44. The summed E-state index contributed by atoms with van der Waals surface area (Å²) >= 11 is 1.27. The Bertz CT molecular complexity index is 623. The van der Waals surface area contributed by atoms with Crippen LogP contribution in [0.2, 0.25) is 0 Å². The fraction of sp³-hybridized carbons (Fsp3) is 0.615. The van der Waals surface area contributed by atoms with Crippen LogP contribution in [0.25, 0.3) is 0 Å². The topological polar surface area (TPSA) is 66.5 Å². The van der Waals surface area contributed by atoms with Crippen LogP contribution in [0.4, 0.5) is 0 Å². The number of fused-ring (bicyclic) bond motifs is 1. The van der Waals surface area contributed by atoms with Gasteiger partial charge in [0.15, 0.2) is 0 Å². The number of nitrogens with zero attached hydrogens (tertiary/aromatic N) is 1. The summed E-state index contributed by atoms with van der Waals surface area (Å²) in [6, 6.07) is 3.33. The molecule has 0 radical (unpaired) electrons. The lowest BCUT2D eigenvalue weighted by molar-refractivity contribution is -0.125. The molecule has 1 aliphatic carbocycles. The van der Waals surface area contributed by atoms with Gasteiger partial charge in [0, 0.05) is 17.0 Å². The number of nitrogens with one attached hydrogen (secondary N) is 1. The van der Waals surface area contributed by atoms with Gasteiger partial charge < -0.3 is 5.32 Å². The quantitative estimate of drug-likeness (QED) is 0.899. The van der Waals surface area contributed by atoms with Crippen LogP contribution in [-0.2, 0) is 14.8 Å². The average molecular weight is 314 g/mol. The molecule has 2 aliphatic rings. The maximum absolute atomic E-state index is 12.8. The number of hydrogen-bond acceptors (Lipinski definition) is 4. The predicted molar refractivity (Wildman–Crippen MR) is 77.1 cm³/mol. The maximum Gasteiger partial charge on any atom is 0.253 e. The largest absolute Gasteiger partial charge is 0.351 e. The third-order valence-corrected chi connectivity index (χ3v) is 7.36. The first-order valence-corrected chi connectivity index (χ1v) is 9.12. The molecule has 1 saturated heterocycles. The zero-order valence-corrected chi connectivity index (χ0v) is 13.0. The molecule has 1 N–H and O–H groups in total. The van der Waals surface area contributed by atoms with E-state index in [0.717, 1.165) is 30.6 Å². The van der Waals surface area contributed by atoms with Crippen molar-refractivity contribution in [3.63, 3.8) is 0 Å². The average Bonchev–Trinajstić information content (AvgIpc) is 2.85. The van der Waals surface area contributed by atoms with Crippen molar-refractivity contribution in [1.29, 1.82) is 0 Å². The Labute approximate surface area is 123 Å². The lowest BCUT2D eigenvalue weighted by atomic mass is 9.89. The Morgan fingerprint density at radius 2 is 2.05 bits per heavy atom. The molecule has 110 valence electrons. The van der Waals surface area contributed by atoms with Crippen molar-refractivity contribution in [2.75, 3.05) is 6.54 Å². The number of aryl methyl sites for hydroxylation is 1. The molecule has 0 aromatic carbocycles. The molecule has 3 rings (SSSR count). The third kappa shape index (κ3) is 2.38. The molecule has 0 bridgehead atoms. The van der Waals surface area contributed by atoms with Gasteiger partial charge in [0.1, 0.15) is 4.21 Å². The van der Waals surface area contributed by atoms with E-state index in [1.54, 1.807) is 12.1 Å². The highest BCUT2D eigenvalue weighted by Gasteiger charge is 2.43. The molecular weight excluding hydrogens is 296 g/mol. The van der Waals surface area contributed by atoms with Crippen LogP contribution in [0.3, 0.4) is 0 Å². The Kier molecular flexibility index (Phi) is 3.60. The van der Waals surface area contributed by atoms with Crippen molar-refractivity contribution in [3.05, 3.63) is 17.0 Å². The standard InChI is InChI=1S/C13H18N2O3S2/c1-9-6-7-13(19-9)20(17,18)15-8-12(16)14-10-4-2-3-5-11(10)15/h6-7,10-11H,2-5,8H2,1H3,(H,14,16). The molecule has 5 nitrogen and oxygen atoms in total. The Balaban J connectivity index is 1.96. The number of carbonyl (C=O) groups is 1. The normalized spacial score (nSPS) is 27.9. The number of amides is 1. The van der Waals surface area contributed by atoms with E-state index in [0.29, 0.717) is 4.21 Å². The van der Waals surface area contributed by atoms with Gasteiger partial charge in [0.25, 0.3) is 10.0 Å². The highest BCUT2D eigenvalue weighted by atomic mass is 32.2. The predicted octanol–water partition coefficient (Wildman–Crippen LogP) is 1.49. The van der Waals surface area contributed by atoms with Crippen LogP contribution in [0.5, 0.6) is 0 Å². The molecule has 2 fully saturated rings. The molecule has 2 atom stereocenters. The Hall–Kier alpha value is -0.920. The first-order valence-electron chi connectivity index (χ1n) is 6.86. The Morgan fingerprint density at radius 3 is 2.75 bits per heavy atom. The number of rotatable bonds is 2. The molecular formula is C13H18N2O3S2. The minimum Gasteiger partial charge on any atom is -0.351 e. The summed E-state index contributed by atoms with van der Waals surface area (Å²) in [5.41, 5.74) is 0. The lowest BCUT2D eigenvalue weighted by Crippen LogP contribution is -2.62. The van der Waals surface area contributed by atoms with Gasteiger partial charge in [-0.05, 0) is 31.9 Å². The van der Waals surface area contributed by atoms with Crippen LogP contribution in [-0.4, -0.2) is 37.3 Å². The van der Waals surface area contributed by atoms with E-state index in [1.165, 1.54) is 15.6 Å². The van der Waals surface area contributed by atoms with Gasteiger partial charge in [-0.2, -0.15) is 4.31 Å². The van der Waals surface area contributed by atoms with Crippen molar-refractivity contribution in [1.82, 2.24) is 9.62 Å². The lowest BCUT2D eigenvalue weighted by Gasteiger charge is -2.42. The summed E-state index contributed by atoms with van der Waals surface area (Å²) in [5.74, 6) is -0.190. The fourth-order valence-corrected chi connectivity index (χ4v) is 6.12. The molecule has 0 spiro atoms. The monoisotopic (exact) mass is 314 g/mol. The zero-order valence-electron chi connectivity index (χ0n) is 11.3. The molecule has 1 aliphatic heterocycles. The summed E-state index contributed by atoms with van der Waals surface area (Å²) in [6.07, 6.45) is 3.76. The van der Waals surface area contributed by atoms with Crippen molar-refractivity contribution < 1.29 is 13.2 Å². The van der Waals surface area contributed by atoms with E-state index < -0.39 is 10.0 Å². The number of hydrogen-bond donors (Lipinski definition) is 1. The van der Waals surface area contributed by atoms with Crippen LogP contribution in [0.1, 0.15) is 30.6 Å². The molecule has 2 heterocycles. The summed E-state index contributed by atoms with van der Waals surface area (Å²) in [6.45, 7) is 1.83. The van der Waals surface area contributed by atoms with Gasteiger partial charge in [0.05, 0.1) is 6.54 Å². The van der Waals surface area contributed by atoms with Gasteiger partial charge in [-0.3, -0.25) is 4.79 Å². The van der Waals surface area contributed by atoms with Crippen molar-refractivity contribution in [3.8, 4) is 0 Å². The zero-order chi connectivity index (χ0) is 14.3. The summed E-state index contributed by atoms with van der Waals surface area (Å²) in [7, 11) is -3.55. The second kappa shape index (κ2) is 5.13. The van der Waals surface area contributed by atoms with E-state index in [9.17, 15) is 13.2 Å². The van der Waals surface area contributed by atoms with E-state index in [-0.39, 0.29) is 24.5 Å². The first-order chi connectivity index (χ1) is 9.48. The van der Waals surface area contributed by atoms with Crippen molar-refractivity contribution in [2.24, 2.45) is 0 Å². The molecule has 2 unspecified atom stereocenters. The summed E-state index contributed by atoms with van der Waals surface area (Å²) in [4.78, 5) is 12.8. The molecule has 1 saturated carbocycles. The number of piperazine rings is 1. The molecule has 1 aromatic heterocycles. The highest BCUT2D eigenvalue weighted by molar-refractivity contribution is 7.91. The van der Waals surface area contributed by atoms with Crippen LogP contribution < -0.4 is 5.32 Å². The van der Waals surface area contributed by atoms with Gasteiger partial charge in [-0.1, -0.05) is 12.8 Å². The summed E-state index contributed by atoms with van der Waals surface area (Å²) < 4.78 is 27.3. The van der Waals surface area contributed by atoms with Crippen LogP contribution in [0.15, 0.2) is 16.3 Å². The minimum absolute atomic E-state index is 0.0270. The first kappa shape index (κ1) is 14.0. The second-order valence-corrected chi connectivity index (χ2v) is 8.85. The third-order valence-electron chi connectivity index (χ3n) is 4.02. The smallest absolute Gasteiger partial charge is 0.253 e. The number of carbonyl (C=O) groups excluding carboxylic acids is 1. The molecule has 1 amide bonds. The van der Waals surface area contributed by atoms with Crippen molar-refractivity contribution in [2.45, 2.75) is 48.9 Å². The van der Waals surface area contributed by atoms with Crippen LogP contribution >= 0.6 is 11.3 Å². The maximum atomic E-state index is 12.8. The highest BCUT2D eigenvalue weighted by Crippen LogP contribution is 2.32. The molecule has 7 heteroatoms. The fourth-order valence-electron chi connectivity index (χ4n) is 3.07. The van der Waals surface area contributed by atoms with Crippen LogP contribution in [0, 0.1) is 6.92 Å².